The third-order valence-corrected chi connectivity index (χ3v) is 3.42. The third-order valence-electron chi connectivity index (χ3n) is 2.60. The molecule has 0 N–H and O–H groups in total. The van der Waals surface area contributed by atoms with Gasteiger partial charge in [-0.3, -0.25) is 9.36 Å². The number of carboxylic acids is 1. The molecule has 0 bridgehead atoms. The van der Waals surface area contributed by atoms with Gasteiger partial charge in [-0.15, -0.1) is 0 Å². The third kappa shape index (κ3) is 3.85. The van der Waals surface area contributed by atoms with Gasteiger partial charge in [0.2, 0.25) is 5.91 Å². The number of aromatic nitrogens is 2. The normalized spacial score (nSPS) is 10.2. The second kappa shape index (κ2) is 7.83. The summed E-state index contributed by atoms with van der Waals surface area (Å²) < 4.78 is 1.49. The fraction of sp³-hybridized carbons (Fsp3) is 0.308. The van der Waals surface area contributed by atoms with Crippen molar-refractivity contribution in [3.05, 3.63) is 24.3 Å². The minimum atomic E-state index is -1.22. The zero-order chi connectivity index (χ0) is 13.8. The van der Waals surface area contributed by atoms with Gasteiger partial charge in [-0.05, 0) is 24.3 Å². The summed E-state index contributed by atoms with van der Waals surface area (Å²) in [4.78, 5) is 27.0. The molecular weight excluding hydrogens is 287 g/mol. The molecule has 7 heteroatoms. The Bertz CT molecular complexity index is 627. The molecule has 0 aliphatic heterocycles. The smallest absolute Gasteiger partial charge is 0.550 e. The average Bonchev–Trinajstić information content (AvgIpc) is 2.74. The number of carbonyl (C=O) groups excluding carboxylic acids is 2. The number of aliphatic carboxylic acids is 1. The number of nitrogens with zero attached hydrogens (tertiary/aromatic N) is 2. The first-order valence-electron chi connectivity index (χ1n) is 5.96. The Labute approximate surface area is 143 Å². The molecule has 0 saturated heterocycles. The van der Waals surface area contributed by atoms with Crippen LogP contribution in [0.1, 0.15) is 24.6 Å². The maximum Gasteiger partial charge on any atom is 1.00 e. The van der Waals surface area contributed by atoms with Crippen LogP contribution >= 0.6 is 11.8 Å². The molecule has 0 aliphatic carbocycles. The molecule has 1 heterocycles. The molecule has 0 radical (unpaired) electrons. The maximum absolute atomic E-state index is 12.1. The summed E-state index contributed by atoms with van der Waals surface area (Å²) in [6, 6.07) is 7.31. The molecule has 0 spiro atoms. The first-order chi connectivity index (χ1) is 9.13. The summed E-state index contributed by atoms with van der Waals surface area (Å²) in [7, 11) is 0. The van der Waals surface area contributed by atoms with Gasteiger partial charge in [0, 0.05) is 12.4 Å². The van der Waals surface area contributed by atoms with Crippen molar-refractivity contribution in [2.75, 3.05) is 5.75 Å². The van der Waals surface area contributed by atoms with Crippen LogP contribution in [0.25, 0.3) is 11.0 Å². The Morgan fingerprint density at radius 3 is 2.65 bits per heavy atom. The van der Waals surface area contributed by atoms with Crippen LogP contribution in [-0.2, 0) is 4.79 Å². The van der Waals surface area contributed by atoms with Gasteiger partial charge in [0.05, 0.1) is 11.0 Å². The van der Waals surface area contributed by atoms with E-state index >= 15 is 0 Å². The Morgan fingerprint density at radius 2 is 2.00 bits per heavy atom. The Kier molecular flexibility index (Phi) is 6.75. The van der Waals surface area contributed by atoms with Crippen LogP contribution < -0.4 is 34.7 Å². The second-order valence-electron chi connectivity index (χ2n) is 3.92. The van der Waals surface area contributed by atoms with E-state index in [1.54, 1.807) is 6.07 Å². The van der Waals surface area contributed by atoms with Gasteiger partial charge in [0.25, 0.3) is 0 Å². The van der Waals surface area contributed by atoms with Gasteiger partial charge in [-0.2, -0.15) is 0 Å². The van der Waals surface area contributed by atoms with Crippen LogP contribution in [0.15, 0.2) is 29.4 Å². The summed E-state index contributed by atoms with van der Waals surface area (Å²) in [5.41, 5.74) is 1.45. The SMILES string of the molecule is CCSc1nc2ccccc2n1C(=O)CCC(=O)[O-].[Na+]. The molecule has 5 nitrogen and oxygen atoms in total. The van der Waals surface area contributed by atoms with Crippen LogP contribution in [0.3, 0.4) is 0 Å². The first-order valence-corrected chi connectivity index (χ1v) is 6.95. The van der Waals surface area contributed by atoms with E-state index in [9.17, 15) is 14.7 Å². The van der Waals surface area contributed by atoms with E-state index in [1.807, 2.05) is 25.1 Å². The quantitative estimate of drug-likeness (QED) is 0.487. The molecule has 1 aromatic heterocycles. The summed E-state index contributed by atoms with van der Waals surface area (Å²) >= 11 is 1.46. The van der Waals surface area contributed by atoms with Crippen molar-refractivity contribution in [3.63, 3.8) is 0 Å². The van der Waals surface area contributed by atoms with E-state index < -0.39 is 5.97 Å². The van der Waals surface area contributed by atoms with Crippen LogP contribution in [0.5, 0.6) is 0 Å². The fourth-order valence-corrected chi connectivity index (χ4v) is 2.54. The second-order valence-corrected chi connectivity index (χ2v) is 5.15. The molecule has 0 amide bonds. The minimum Gasteiger partial charge on any atom is -0.550 e. The number of thioether (sulfide) groups is 1. The van der Waals surface area contributed by atoms with Crippen LogP contribution in [0, 0.1) is 0 Å². The predicted octanol–water partition coefficient (Wildman–Crippen LogP) is -1.68. The number of para-hydroxylation sites is 2. The van der Waals surface area contributed by atoms with E-state index in [1.165, 1.54) is 16.3 Å². The number of carbonyl (C=O) groups is 2. The van der Waals surface area contributed by atoms with E-state index in [2.05, 4.69) is 4.98 Å². The van der Waals surface area contributed by atoms with Crippen molar-refractivity contribution in [1.29, 1.82) is 0 Å². The van der Waals surface area contributed by atoms with Crippen LogP contribution in [-0.4, -0.2) is 27.2 Å². The molecule has 2 aromatic rings. The summed E-state index contributed by atoms with van der Waals surface area (Å²) in [6.45, 7) is 1.97. The number of hydrogen-bond acceptors (Lipinski definition) is 5. The number of rotatable bonds is 5. The first kappa shape index (κ1) is 17.2. The van der Waals surface area contributed by atoms with Crippen LogP contribution in [0.4, 0.5) is 0 Å². The topological polar surface area (TPSA) is 75.0 Å². The molecule has 0 fully saturated rings. The van der Waals surface area contributed by atoms with Gasteiger partial charge in [0.1, 0.15) is 0 Å². The van der Waals surface area contributed by atoms with Crippen molar-refractivity contribution in [1.82, 2.24) is 9.55 Å². The zero-order valence-electron chi connectivity index (χ0n) is 11.5. The average molecular weight is 300 g/mol. The maximum atomic E-state index is 12.1. The monoisotopic (exact) mass is 300 g/mol. The zero-order valence-corrected chi connectivity index (χ0v) is 14.3. The van der Waals surface area contributed by atoms with Crippen LogP contribution in [0.2, 0.25) is 0 Å². The standard InChI is InChI=1S/C13H14N2O3S.Na/c1-2-19-13-14-9-5-3-4-6-10(9)15(13)11(16)7-8-12(17)18;/h3-6H,2,7-8H2,1H3,(H,17,18);/q;+1/p-1. The van der Waals surface area contributed by atoms with Gasteiger partial charge in [0.15, 0.2) is 5.16 Å². The molecule has 2 rings (SSSR count). The summed E-state index contributed by atoms with van der Waals surface area (Å²) in [5.74, 6) is -0.701. The molecule has 0 unspecified atom stereocenters. The number of fused-ring (bicyclic) bond motifs is 1. The molecule has 0 saturated carbocycles. The van der Waals surface area contributed by atoms with Crippen molar-refractivity contribution >= 4 is 34.7 Å². The molecule has 0 atom stereocenters. The minimum absolute atomic E-state index is 0. The van der Waals surface area contributed by atoms with E-state index in [4.69, 9.17) is 0 Å². The predicted molar refractivity (Wildman–Crippen MR) is 71.0 cm³/mol. The molecule has 1 aromatic carbocycles. The Hall–Kier alpha value is -0.820. The molecule has 20 heavy (non-hydrogen) atoms. The van der Waals surface area contributed by atoms with E-state index in [-0.39, 0.29) is 48.3 Å². The largest absolute Gasteiger partial charge is 1.00 e. The Balaban J connectivity index is 0.00000200. The van der Waals surface area contributed by atoms with Gasteiger partial charge in [-0.25, -0.2) is 4.98 Å². The number of benzene rings is 1. The molecule has 0 aliphatic rings. The van der Waals surface area contributed by atoms with E-state index in [0.29, 0.717) is 10.7 Å². The van der Waals surface area contributed by atoms with Crippen molar-refractivity contribution in [2.45, 2.75) is 24.9 Å². The number of carboxylic acid groups (broad SMARTS) is 1. The number of imidazole rings is 1. The van der Waals surface area contributed by atoms with Crippen molar-refractivity contribution in [2.24, 2.45) is 0 Å². The molecule has 100 valence electrons. The van der Waals surface area contributed by atoms with E-state index in [0.717, 1.165) is 11.3 Å². The van der Waals surface area contributed by atoms with Gasteiger partial charge in [-0.1, -0.05) is 30.8 Å². The van der Waals surface area contributed by atoms with Crippen molar-refractivity contribution < 1.29 is 44.3 Å². The fourth-order valence-electron chi connectivity index (χ4n) is 1.79. The molecular formula is C13H13N2NaO3S. The van der Waals surface area contributed by atoms with Gasteiger partial charge < -0.3 is 9.90 Å². The van der Waals surface area contributed by atoms with Crippen molar-refractivity contribution in [3.8, 4) is 0 Å². The van der Waals surface area contributed by atoms with Gasteiger partial charge >= 0.3 is 29.6 Å². The summed E-state index contributed by atoms with van der Waals surface area (Å²) in [5, 5.41) is 11.1. The summed E-state index contributed by atoms with van der Waals surface area (Å²) in [6.07, 6.45) is -0.360. The Morgan fingerprint density at radius 1 is 1.30 bits per heavy atom. The number of hydrogen-bond donors (Lipinski definition) is 0.